The summed E-state index contributed by atoms with van der Waals surface area (Å²) in [5.74, 6) is 0.877. The van der Waals surface area contributed by atoms with E-state index in [0.717, 1.165) is 59.1 Å². The van der Waals surface area contributed by atoms with Gasteiger partial charge in [0, 0.05) is 37.2 Å². The Hall–Kier alpha value is -2.38. The van der Waals surface area contributed by atoms with Crippen molar-refractivity contribution in [2.75, 3.05) is 32.7 Å². The summed E-state index contributed by atoms with van der Waals surface area (Å²) in [5, 5.41) is 9.44. The zero-order valence-electron chi connectivity index (χ0n) is 18.6. The number of benzene rings is 1. The maximum atomic E-state index is 11.5. The molecule has 2 aliphatic rings. The van der Waals surface area contributed by atoms with Gasteiger partial charge in [0.25, 0.3) is 0 Å². The third-order valence-corrected chi connectivity index (χ3v) is 5.89. The summed E-state index contributed by atoms with van der Waals surface area (Å²) in [7, 11) is 0. The van der Waals surface area contributed by atoms with Crippen molar-refractivity contribution in [1.82, 2.24) is 9.80 Å². The van der Waals surface area contributed by atoms with Gasteiger partial charge in [-0.3, -0.25) is 9.69 Å². The predicted molar refractivity (Wildman–Crippen MR) is 127 cm³/mol. The SMILES string of the molecule is C/C=C\C(C)=C/C1=COc2ccc(Br)cc2C(N2CCN(CC(C)(C)C(=O)O)CC2)=N1. The number of nitrogens with zero attached hydrogens (tertiary/aromatic N) is 3. The van der Waals surface area contributed by atoms with Crippen LogP contribution in [0, 0.1) is 5.41 Å². The molecule has 1 aromatic rings. The molecule has 1 saturated heterocycles. The average molecular weight is 488 g/mol. The highest BCUT2D eigenvalue weighted by atomic mass is 79.9. The smallest absolute Gasteiger partial charge is 0.310 e. The number of amidine groups is 1. The monoisotopic (exact) mass is 487 g/mol. The first-order chi connectivity index (χ1) is 14.7. The van der Waals surface area contributed by atoms with Crippen LogP contribution in [0.5, 0.6) is 5.75 Å². The van der Waals surface area contributed by atoms with Crippen molar-refractivity contribution in [3.05, 3.63) is 64.0 Å². The number of hydrogen-bond donors (Lipinski definition) is 1. The Morgan fingerprint density at radius 2 is 2.00 bits per heavy atom. The molecule has 1 fully saturated rings. The van der Waals surface area contributed by atoms with Gasteiger partial charge in [0.2, 0.25) is 0 Å². The van der Waals surface area contributed by atoms with E-state index in [1.54, 1.807) is 20.1 Å². The van der Waals surface area contributed by atoms with Crippen molar-refractivity contribution in [2.45, 2.75) is 27.7 Å². The topological polar surface area (TPSA) is 65.4 Å². The van der Waals surface area contributed by atoms with Crippen LogP contribution in [0.2, 0.25) is 0 Å². The standard InChI is InChI=1S/C24H30BrN3O3/c1-5-6-17(2)13-19-15-31-21-8-7-18(25)14-20(21)22(26-19)28-11-9-27(10-12-28)16-24(3,4)23(29)30/h5-8,13-15H,9-12,16H2,1-4H3,(H,29,30)/b6-5-,17-13-. The van der Waals surface area contributed by atoms with Gasteiger partial charge in [-0.15, -0.1) is 0 Å². The number of allylic oxidation sites excluding steroid dienone is 4. The highest BCUT2D eigenvalue weighted by Gasteiger charge is 2.32. The van der Waals surface area contributed by atoms with Crippen molar-refractivity contribution < 1.29 is 14.6 Å². The van der Waals surface area contributed by atoms with Crippen LogP contribution in [-0.2, 0) is 4.79 Å². The maximum absolute atomic E-state index is 11.5. The van der Waals surface area contributed by atoms with Crippen LogP contribution in [0.3, 0.4) is 0 Å². The number of piperazine rings is 1. The fraction of sp³-hybridized carbons (Fsp3) is 0.417. The van der Waals surface area contributed by atoms with Gasteiger partial charge in [-0.2, -0.15) is 0 Å². The molecule has 0 saturated carbocycles. The van der Waals surface area contributed by atoms with Crippen LogP contribution in [0.4, 0.5) is 0 Å². The quantitative estimate of drug-likeness (QED) is 0.610. The number of hydrogen-bond acceptors (Lipinski definition) is 5. The van der Waals surface area contributed by atoms with Crippen LogP contribution >= 0.6 is 15.9 Å². The lowest BCUT2D eigenvalue weighted by atomic mass is 9.93. The van der Waals surface area contributed by atoms with E-state index in [1.807, 2.05) is 50.3 Å². The molecule has 166 valence electrons. The van der Waals surface area contributed by atoms with E-state index < -0.39 is 11.4 Å². The fourth-order valence-corrected chi connectivity index (χ4v) is 4.07. The zero-order valence-corrected chi connectivity index (χ0v) is 20.1. The molecule has 1 aromatic carbocycles. The number of ether oxygens (including phenoxy) is 1. The highest BCUT2D eigenvalue weighted by molar-refractivity contribution is 9.10. The summed E-state index contributed by atoms with van der Waals surface area (Å²) < 4.78 is 6.93. The van der Waals surface area contributed by atoms with Gasteiger partial charge in [-0.05, 0) is 57.5 Å². The number of carbonyl (C=O) groups is 1. The van der Waals surface area contributed by atoms with E-state index in [4.69, 9.17) is 9.73 Å². The summed E-state index contributed by atoms with van der Waals surface area (Å²) in [6.07, 6.45) is 7.73. The van der Waals surface area contributed by atoms with Crippen molar-refractivity contribution in [1.29, 1.82) is 0 Å². The molecule has 6 nitrogen and oxygen atoms in total. The van der Waals surface area contributed by atoms with Crippen LogP contribution in [0.25, 0.3) is 0 Å². The molecule has 2 aliphatic heterocycles. The first kappa shape index (κ1) is 23.3. The summed E-state index contributed by atoms with van der Waals surface area (Å²) >= 11 is 3.57. The largest absolute Gasteiger partial charge is 0.481 e. The molecule has 2 heterocycles. The number of aliphatic carboxylic acids is 1. The van der Waals surface area contributed by atoms with Crippen molar-refractivity contribution in [2.24, 2.45) is 10.4 Å². The number of fused-ring (bicyclic) bond motifs is 1. The Morgan fingerprint density at radius 1 is 1.29 bits per heavy atom. The van der Waals surface area contributed by atoms with E-state index in [1.165, 1.54) is 0 Å². The van der Waals surface area contributed by atoms with Crippen molar-refractivity contribution in [3.8, 4) is 5.75 Å². The Labute approximate surface area is 192 Å². The first-order valence-corrected chi connectivity index (χ1v) is 11.3. The van der Waals surface area contributed by atoms with E-state index in [-0.39, 0.29) is 0 Å². The van der Waals surface area contributed by atoms with E-state index in [2.05, 4.69) is 25.7 Å². The number of aliphatic imine (C=N–C) groups is 1. The van der Waals surface area contributed by atoms with Gasteiger partial charge < -0.3 is 14.7 Å². The maximum Gasteiger partial charge on any atom is 0.310 e. The third kappa shape index (κ3) is 5.86. The summed E-state index contributed by atoms with van der Waals surface area (Å²) in [6.45, 7) is 11.2. The first-order valence-electron chi connectivity index (χ1n) is 10.5. The second-order valence-electron chi connectivity index (χ2n) is 8.58. The molecule has 0 aliphatic carbocycles. The van der Waals surface area contributed by atoms with E-state index in [0.29, 0.717) is 6.54 Å². The van der Waals surface area contributed by atoms with Crippen molar-refractivity contribution in [3.63, 3.8) is 0 Å². The van der Waals surface area contributed by atoms with Gasteiger partial charge in [0.1, 0.15) is 23.5 Å². The molecule has 1 N–H and O–H groups in total. The minimum atomic E-state index is -0.767. The van der Waals surface area contributed by atoms with Gasteiger partial charge in [0.15, 0.2) is 0 Å². The normalized spacial score (nSPS) is 18.2. The summed E-state index contributed by atoms with van der Waals surface area (Å²) in [6, 6.07) is 5.94. The van der Waals surface area contributed by atoms with Crippen LogP contribution in [0.1, 0.15) is 33.3 Å². The van der Waals surface area contributed by atoms with E-state index >= 15 is 0 Å². The summed E-state index contributed by atoms with van der Waals surface area (Å²) in [5.41, 5.74) is 2.02. The average Bonchev–Trinajstić information content (AvgIpc) is 2.88. The molecule has 0 bridgehead atoms. The van der Waals surface area contributed by atoms with Crippen LogP contribution < -0.4 is 4.74 Å². The Morgan fingerprint density at radius 3 is 2.65 bits per heavy atom. The second kappa shape index (κ2) is 9.83. The minimum absolute atomic E-state index is 0.532. The van der Waals surface area contributed by atoms with Gasteiger partial charge in [-0.25, -0.2) is 4.99 Å². The number of carboxylic acids is 1. The molecular formula is C24H30BrN3O3. The third-order valence-electron chi connectivity index (χ3n) is 5.40. The van der Waals surface area contributed by atoms with Crippen LogP contribution in [-0.4, -0.2) is 59.4 Å². The van der Waals surface area contributed by atoms with Crippen molar-refractivity contribution >= 4 is 27.7 Å². The molecule has 0 atom stereocenters. The van der Waals surface area contributed by atoms with E-state index in [9.17, 15) is 9.90 Å². The molecular weight excluding hydrogens is 458 g/mol. The number of rotatable bonds is 5. The van der Waals surface area contributed by atoms with Gasteiger partial charge in [0.05, 0.1) is 11.0 Å². The van der Waals surface area contributed by atoms with Crippen LogP contribution in [0.15, 0.2) is 63.4 Å². The predicted octanol–water partition coefficient (Wildman–Crippen LogP) is 4.68. The Kier molecular flexibility index (Phi) is 7.38. The number of carboxylic acid groups (broad SMARTS) is 1. The number of halogens is 1. The second-order valence-corrected chi connectivity index (χ2v) is 9.49. The molecule has 0 amide bonds. The lowest BCUT2D eigenvalue weighted by Crippen LogP contribution is -2.52. The van der Waals surface area contributed by atoms with Gasteiger partial charge >= 0.3 is 5.97 Å². The molecule has 3 rings (SSSR count). The Bertz CT molecular complexity index is 955. The minimum Gasteiger partial charge on any atom is -0.481 e. The zero-order chi connectivity index (χ0) is 22.6. The van der Waals surface area contributed by atoms with Gasteiger partial charge in [-0.1, -0.05) is 28.1 Å². The Balaban J connectivity index is 1.86. The molecule has 0 aromatic heterocycles. The lowest BCUT2D eigenvalue weighted by Gasteiger charge is -2.39. The molecule has 0 radical (unpaired) electrons. The fourth-order valence-electron chi connectivity index (χ4n) is 3.71. The molecule has 7 heteroatoms. The molecule has 0 unspecified atom stereocenters. The summed E-state index contributed by atoms with van der Waals surface area (Å²) in [4.78, 5) is 20.9. The lowest BCUT2D eigenvalue weighted by molar-refractivity contribution is -0.148. The highest BCUT2D eigenvalue weighted by Crippen LogP contribution is 2.29. The molecule has 0 spiro atoms. The molecule has 31 heavy (non-hydrogen) atoms.